The van der Waals surface area contributed by atoms with Gasteiger partial charge in [0.2, 0.25) is 6.79 Å². The van der Waals surface area contributed by atoms with Gasteiger partial charge in [-0.15, -0.1) is 0 Å². The van der Waals surface area contributed by atoms with Crippen LogP contribution in [-0.4, -0.2) is 22.7 Å². The normalized spacial score (nSPS) is 11.8. The first-order valence-electron chi connectivity index (χ1n) is 8.96. The fraction of sp³-hybridized carbons (Fsp3) is 0.150. The highest BCUT2D eigenvalue weighted by molar-refractivity contribution is 5.95. The molecule has 9 heteroatoms. The lowest BCUT2D eigenvalue weighted by molar-refractivity contribution is 0.0962. The molecule has 1 aromatic heterocycles. The van der Waals surface area contributed by atoms with Crippen molar-refractivity contribution in [3.05, 3.63) is 65.5 Å². The highest BCUT2D eigenvalue weighted by Crippen LogP contribution is 2.32. The van der Waals surface area contributed by atoms with Gasteiger partial charge in [0.1, 0.15) is 12.0 Å². The van der Waals surface area contributed by atoms with Gasteiger partial charge in [0.25, 0.3) is 5.91 Å². The maximum Gasteiger partial charge on any atom is 0.269 e. The van der Waals surface area contributed by atoms with E-state index < -0.39 is 0 Å². The van der Waals surface area contributed by atoms with Gasteiger partial charge >= 0.3 is 0 Å². The number of nitrogen functional groups attached to an aromatic ring is 1. The summed E-state index contributed by atoms with van der Waals surface area (Å²) in [5, 5.41) is 3.16. The number of fused-ring (bicyclic) bond motifs is 1. The van der Waals surface area contributed by atoms with E-state index in [0.717, 1.165) is 16.9 Å². The summed E-state index contributed by atoms with van der Waals surface area (Å²) < 4.78 is 10.7. The zero-order chi connectivity index (χ0) is 20.2. The first-order chi connectivity index (χ1) is 14.1. The summed E-state index contributed by atoms with van der Waals surface area (Å²) in [5.74, 6) is 1.89. The van der Waals surface area contributed by atoms with Gasteiger partial charge in [-0.3, -0.25) is 15.6 Å². The third-order valence-electron chi connectivity index (χ3n) is 4.39. The SMILES string of the molecule is Cc1ccc(C(=O)NNc2ncnc(NCc3ccc4c(c3)OCO4)c2N)cc1. The Hall–Kier alpha value is -4.01. The smallest absolute Gasteiger partial charge is 0.269 e. The van der Waals surface area contributed by atoms with Crippen LogP contribution in [0, 0.1) is 6.92 Å². The Bertz CT molecular complexity index is 1040. The van der Waals surface area contributed by atoms with Crippen LogP contribution in [0.25, 0.3) is 0 Å². The molecule has 0 radical (unpaired) electrons. The molecule has 2 heterocycles. The molecule has 0 bridgehead atoms. The van der Waals surface area contributed by atoms with Crippen molar-refractivity contribution in [3.63, 3.8) is 0 Å². The molecule has 1 amide bonds. The minimum atomic E-state index is -0.294. The number of nitrogens with two attached hydrogens (primary N) is 1. The molecule has 148 valence electrons. The summed E-state index contributed by atoms with van der Waals surface area (Å²) in [4.78, 5) is 20.5. The van der Waals surface area contributed by atoms with E-state index in [1.54, 1.807) is 12.1 Å². The molecular formula is C20H20N6O3. The van der Waals surface area contributed by atoms with Crippen LogP contribution in [0.4, 0.5) is 17.3 Å². The van der Waals surface area contributed by atoms with Gasteiger partial charge in [0, 0.05) is 12.1 Å². The predicted molar refractivity (Wildman–Crippen MR) is 109 cm³/mol. The van der Waals surface area contributed by atoms with Crippen molar-refractivity contribution in [3.8, 4) is 11.5 Å². The standard InChI is InChI=1S/C20H20N6O3/c1-12-2-5-14(6-3-12)20(27)26-25-19-17(21)18(23-10-24-19)22-9-13-4-7-15-16(8-13)29-11-28-15/h2-8,10H,9,11,21H2,1H3,(H,26,27)(H2,22,23,24,25). The molecule has 0 spiro atoms. The number of carbonyl (C=O) groups excluding carboxylic acids is 1. The van der Waals surface area contributed by atoms with Crippen molar-refractivity contribution in [2.24, 2.45) is 0 Å². The van der Waals surface area contributed by atoms with Gasteiger partial charge in [-0.2, -0.15) is 0 Å². The molecule has 0 aliphatic carbocycles. The topological polar surface area (TPSA) is 123 Å². The van der Waals surface area contributed by atoms with Crippen LogP contribution in [0.15, 0.2) is 48.8 Å². The second-order valence-electron chi connectivity index (χ2n) is 6.47. The molecule has 5 N–H and O–H groups in total. The van der Waals surface area contributed by atoms with Gasteiger partial charge < -0.3 is 20.5 Å². The molecule has 1 aliphatic heterocycles. The van der Waals surface area contributed by atoms with E-state index in [4.69, 9.17) is 15.2 Å². The molecule has 0 fully saturated rings. The molecule has 0 saturated carbocycles. The summed E-state index contributed by atoms with van der Waals surface area (Å²) in [6.45, 7) is 2.67. The maximum absolute atomic E-state index is 12.2. The number of carbonyl (C=O) groups is 1. The quantitative estimate of drug-likeness (QED) is 0.472. The summed E-state index contributed by atoms with van der Waals surface area (Å²) >= 11 is 0. The van der Waals surface area contributed by atoms with Crippen molar-refractivity contribution in [2.75, 3.05) is 23.3 Å². The van der Waals surface area contributed by atoms with Crippen molar-refractivity contribution in [2.45, 2.75) is 13.5 Å². The lowest BCUT2D eigenvalue weighted by Gasteiger charge is -2.13. The van der Waals surface area contributed by atoms with E-state index in [2.05, 4.69) is 26.1 Å². The number of hydrogen-bond acceptors (Lipinski definition) is 8. The number of rotatable bonds is 6. The zero-order valence-electron chi connectivity index (χ0n) is 15.7. The summed E-state index contributed by atoms with van der Waals surface area (Å²) in [7, 11) is 0. The monoisotopic (exact) mass is 392 g/mol. The largest absolute Gasteiger partial charge is 0.454 e. The van der Waals surface area contributed by atoms with Crippen molar-refractivity contribution < 1.29 is 14.3 Å². The first kappa shape index (κ1) is 18.4. The van der Waals surface area contributed by atoms with Crippen molar-refractivity contribution in [1.29, 1.82) is 0 Å². The number of hydrogen-bond donors (Lipinski definition) is 4. The highest BCUT2D eigenvalue weighted by atomic mass is 16.7. The number of anilines is 3. The van der Waals surface area contributed by atoms with Crippen LogP contribution in [-0.2, 0) is 6.54 Å². The summed E-state index contributed by atoms with van der Waals surface area (Å²) in [6.07, 6.45) is 1.36. The molecule has 1 aliphatic rings. The minimum Gasteiger partial charge on any atom is -0.454 e. The number of nitrogens with zero attached hydrogens (tertiary/aromatic N) is 2. The van der Waals surface area contributed by atoms with E-state index in [9.17, 15) is 4.79 Å². The molecule has 9 nitrogen and oxygen atoms in total. The fourth-order valence-corrected chi connectivity index (χ4v) is 2.77. The van der Waals surface area contributed by atoms with E-state index in [1.807, 2.05) is 37.3 Å². The number of hydrazine groups is 1. The van der Waals surface area contributed by atoms with Crippen LogP contribution >= 0.6 is 0 Å². The molecule has 2 aromatic carbocycles. The zero-order valence-corrected chi connectivity index (χ0v) is 15.7. The van der Waals surface area contributed by atoms with E-state index in [-0.39, 0.29) is 18.4 Å². The second kappa shape index (κ2) is 7.93. The van der Waals surface area contributed by atoms with Crippen LogP contribution in [0.5, 0.6) is 11.5 Å². The fourth-order valence-electron chi connectivity index (χ4n) is 2.77. The number of aryl methyl sites for hydroxylation is 1. The second-order valence-corrected chi connectivity index (χ2v) is 6.47. The Labute approximate surface area is 167 Å². The number of amides is 1. The van der Waals surface area contributed by atoms with Crippen LogP contribution in [0.3, 0.4) is 0 Å². The Balaban J connectivity index is 1.39. The molecule has 3 aromatic rings. The number of nitrogens with one attached hydrogen (secondary N) is 3. The van der Waals surface area contributed by atoms with E-state index in [0.29, 0.717) is 29.5 Å². The highest BCUT2D eigenvalue weighted by Gasteiger charge is 2.14. The molecule has 4 rings (SSSR count). The lowest BCUT2D eigenvalue weighted by atomic mass is 10.1. The molecule has 0 saturated heterocycles. The van der Waals surface area contributed by atoms with E-state index >= 15 is 0 Å². The number of ether oxygens (including phenoxy) is 2. The third kappa shape index (κ3) is 4.13. The molecule has 29 heavy (non-hydrogen) atoms. The summed E-state index contributed by atoms with van der Waals surface area (Å²) in [5.41, 5.74) is 14.3. The summed E-state index contributed by atoms with van der Waals surface area (Å²) in [6, 6.07) is 12.9. The van der Waals surface area contributed by atoms with Crippen molar-refractivity contribution in [1.82, 2.24) is 15.4 Å². The predicted octanol–water partition coefficient (Wildman–Crippen LogP) is 2.46. The molecule has 0 atom stereocenters. The van der Waals surface area contributed by atoms with Gasteiger partial charge in [-0.05, 0) is 36.8 Å². The maximum atomic E-state index is 12.2. The average Bonchev–Trinajstić information content (AvgIpc) is 3.20. The lowest BCUT2D eigenvalue weighted by Crippen LogP contribution is -2.30. The van der Waals surface area contributed by atoms with Crippen LogP contribution in [0.1, 0.15) is 21.5 Å². The van der Waals surface area contributed by atoms with Crippen LogP contribution in [0.2, 0.25) is 0 Å². The Morgan fingerprint density at radius 3 is 2.66 bits per heavy atom. The first-order valence-corrected chi connectivity index (χ1v) is 8.96. The Kier molecular flexibility index (Phi) is 5.02. The van der Waals surface area contributed by atoms with Crippen molar-refractivity contribution >= 4 is 23.2 Å². The van der Waals surface area contributed by atoms with Gasteiger partial charge in [-0.1, -0.05) is 23.8 Å². The Morgan fingerprint density at radius 1 is 1.07 bits per heavy atom. The molecule has 0 unspecified atom stereocenters. The van der Waals surface area contributed by atoms with Gasteiger partial charge in [0.05, 0.1) is 0 Å². The van der Waals surface area contributed by atoms with E-state index in [1.165, 1.54) is 6.33 Å². The average molecular weight is 392 g/mol. The number of aromatic nitrogens is 2. The van der Waals surface area contributed by atoms with Gasteiger partial charge in [-0.25, -0.2) is 9.97 Å². The third-order valence-corrected chi connectivity index (χ3v) is 4.39. The van der Waals surface area contributed by atoms with Gasteiger partial charge in [0.15, 0.2) is 23.1 Å². The Morgan fingerprint density at radius 2 is 1.83 bits per heavy atom. The van der Waals surface area contributed by atoms with Crippen LogP contribution < -0.4 is 31.4 Å². The molecular weight excluding hydrogens is 372 g/mol. The minimum absolute atomic E-state index is 0.231. The number of benzene rings is 2.